The van der Waals surface area contributed by atoms with Gasteiger partial charge in [-0.15, -0.1) is 0 Å². The number of hydrogen-bond donors (Lipinski definition) is 3. The summed E-state index contributed by atoms with van der Waals surface area (Å²) in [6.07, 6.45) is 3.73. The van der Waals surface area contributed by atoms with Gasteiger partial charge >= 0.3 is 6.03 Å². The van der Waals surface area contributed by atoms with Crippen LogP contribution in [0.2, 0.25) is 0 Å². The molecule has 3 atom stereocenters. The van der Waals surface area contributed by atoms with Gasteiger partial charge in [0.25, 0.3) is 0 Å². The number of aliphatic hydroxyl groups is 1. The number of hydrogen-bond acceptors (Lipinski definition) is 7. The van der Waals surface area contributed by atoms with Gasteiger partial charge < -0.3 is 25.8 Å². The molecule has 35 heavy (non-hydrogen) atoms. The molecule has 2 aliphatic rings. The lowest BCUT2D eigenvalue weighted by molar-refractivity contribution is -0.0404. The minimum absolute atomic E-state index is 0.140. The minimum atomic E-state index is -0.428. The molecule has 3 unspecified atom stereocenters. The van der Waals surface area contributed by atoms with Crippen LogP contribution in [-0.4, -0.2) is 69.3 Å². The maximum absolute atomic E-state index is 13.8. The third kappa shape index (κ3) is 4.32. The van der Waals surface area contributed by atoms with Gasteiger partial charge in [0.15, 0.2) is 5.65 Å². The second kappa shape index (κ2) is 9.23. The van der Waals surface area contributed by atoms with Crippen LogP contribution in [0.3, 0.4) is 0 Å². The number of nitrogens with zero attached hydrogens (tertiary/aromatic N) is 5. The predicted octanol–water partition coefficient (Wildman–Crippen LogP) is 2.26. The molecule has 2 aliphatic heterocycles. The predicted molar refractivity (Wildman–Crippen MR) is 128 cm³/mol. The molecule has 0 bridgehead atoms. The average Bonchev–Trinajstić information content (AvgIpc) is 3.29. The van der Waals surface area contributed by atoms with E-state index in [1.54, 1.807) is 21.7 Å². The summed E-state index contributed by atoms with van der Waals surface area (Å²) in [7, 11) is 0. The van der Waals surface area contributed by atoms with Crippen LogP contribution in [-0.2, 0) is 11.2 Å². The molecule has 0 spiro atoms. The first-order valence-corrected chi connectivity index (χ1v) is 11.6. The Balaban J connectivity index is 1.42. The number of morpholine rings is 1. The van der Waals surface area contributed by atoms with Crippen LogP contribution in [0.25, 0.3) is 5.65 Å². The summed E-state index contributed by atoms with van der Waals surface area (Å²) in [5, 5.41) is 16.8. The maximum Gasteiger partial charge on any atom is 0.318 e. The number of benzene rings is 1. The van der Waals surface area contributed by atoms with E-state index in [-0.39, 0.29) is 30.5 Å². The number of nitrogens with two attached hydrogens (primary N) is 1. The van der Waals surface area contributed by atoms with E-state index in [4.69, 9.17) is 15.5 Å². The molecule has 10 nitrogen and oxygen atoms in total. The Morgan fingerprint density at radius 2 is 2.26 bits per heavy atom. The van der Waals surface area contributed by atoms with Gasteiger partial charge in [0.05, 0.1) is 49.5 Å². The lowest BCUT2D eigenvalue weighted by Gasteiger charge is -2.33. The highest BCUT2D eigenvalue weighted by atomic mass is 19.1. The summed E-state index contributed by atoms with van der Waals surface area (Å²) in [5.41, 5.74) is 10.8. The number of aromatic nitrogens is 3. The Kier molecular flexibility index (Phi) is 6.12. The van der Waals surface area contributed by atoms with Crippen molar-refractivity contribution in [2.24, 2.45) is 4.99 Å². The molecule has 1 fully saturated rings. The molecule has 11 heteroatoms. The number of aliphatic imine (C=N–C) groups is 1. The Morgan fingerprint density at radius 1 is 1.43 bits per heavy atom. The van der Waals surface area contributed by atoms with E-state index in [9.17, 15) is 14.3 Å². The Labute approximate surface area is 201 Å². The van der Waals surface area contributed by atoms with Crippen LogP contribution in [0.1, 0.15) is 41.3 Å². The standard InChI is InChI=1S/C24H28FN7O3/c1-13-21(14(2)29-24(34)31-5-6-35-18(11-31)12-33)30-23-19(10-28-32(23)22(13)26)16-7-15-8-17(25)3-4-20(15)27-9-16/h3-4,8-10,14,16,18,33H,5-7,11-12,26H2,1-2H3,(H,29,34). The van der Waals surface area contributed by atoms with Gasteiger partial charge in [-0.1, -0.05) is 0 Å². The number of carbonyl (C=O) groups excluding carboxylic acids is 1. The SMILES string of the molecule is Cc1c(C(C)NC(=O)N2CCOC(CO)C2)nc2c(C3C=Nc4ccc(F)cc4C3)cnn2c1N. The molecule has 3 aromatic rings. The minimum Gasteiger partial charge on any atom is -0.394 e. The number of nitrogens with one attached hydrogen (secondary N) is 1. The summed E-state index contributed by atoms with van der Waals surface area (Å²) in [6, 6.07) is 3.90. The summed E-state index contributed by atoms with van der Waals surface area (Å²) in [6.45, 7) is 4.69. The van der Waals surface area contributed by atoms with E-state index in [1.165, 1.54) is 12.1 Å². The van der Waals surface area contributed by atoms with Crippen molar-refractivity contribution in [2.45, 2.75) is 38.3 Å². The summed E-state index contributed by atoms with van der Waals surface area (Å²) in [4.78, 5) is 23.8. The van der Waals surface area contributed by atoms with E-state index in [2.05, 4.69) is 15.4 Å². The van der Waals surface area contributed by atoms with Crippen molar-refractivity contribution in [3.8, 4) is 0 Å². The van der Waals surface area contributed by atoms with E-state index >= 15 is 0 Å². The number of urea groups is 1. The molecule has 5 rings (SSSR count). The number of aliphatic hydroxyl groups excluding tert-OH is 1. The van der Waals surface area contributed by atoms with Crippen LogP contribution in [0, 0.1) is 12.7 Å². The normalized spacial score (nSPS) is 20.6. The third-order valence-electron chi connectivity index (χ3n) is 6.65. The molecule has 2 amide bonds. The fraction of sp³-hybridized carbons (Fsp3) is 0.417. The first kappa shape index (κ1) is 23.2. The quantitative estimate of drug-likeness (QED) is 0.524. The van der Waals surface area contributed by atoms with Gasteiger partial charge in [0, 0.05) is 29.8 Å². The van der Waals surface area contributed by atoms with Crippen LogP contribution < -0.4 is 11.1 Å². The largest absolute Gasteiger partial charge is 0.394 e. The zero-order valence-electron chi connectivity index (χ0n) is 19.6. The van der Waals surface area contributed by atoms with Crippen molar-refractivity contribution in [1.29, 1.82) is 0 Å². The highest BCUT2D eigenvalue weighted by Crippen LogP contribution is 2.34. The number of ether oxygens (including phenoxy) is 1. The molecule has 1 aromatic carbocycles. The Morgan fingerprint density at radius 3 is 3.06 bits per heavy atom. The lowest BCUT2D eigenvalue weighted by Crippen LogP contribution is -2.51. The average molecular weight is 482 g/mol. The van der Waals surface area contributed by atoms with Gasteiger partial charge in [0.1, 0.15) is 11.6 Å². The lowest BCUT2D eigenvalue weighted by atomic mass is 9.91. The topological polar surface area (TPSA) is 130 Å². The summed E-state index contributed by atoms with van der Waals surface area (Å²) in [5.74, 6) is -0.00364. The summed E-state index contributed by atoms with van der Waals surface area (Å²) >= 11 is 0. The van der Waals surface area contributed by atoms with Crippen molar-refractivity contribution >= 4 is 29.4 Å². The number of halogens is 1. The number of anilines is 1. The van der Waals surface area contributed by atoms with Gasteiger partial charge in [-0.3, -0.25) is 4.99 Å². The highest BCUT2D eigenvalue weighted by molar-refractivity contribution is 5.79. The van der Waals surface area contributed by atoms with Crippen molar-refractivity contribution in [3.05, 3.63) is 52.6 Å². The number of carbonyl (C=O) groups is 1. The first-order valence-electron chi connectivity index (χ1n) is 11.6. The molecule has 0 saturated carbocycles. The van der Waals surface area contributed by atoms with Crippen LogP contribution in [0.15, 0.2) is 29.4 Å². The fourth-order valence-electron chi connectivity index (χ4n) is 4.67. The molecular weight excluding hydrogens is 453 g/mol. The molecule has 1 saturated heterocycles. The van der Waals surface area contributed by atoms with Gasteiger partial charge in [0.2, 0.25) is 0 Å². The second-order valence-electron chi connectivity index (χ2n) is 9.00. The van der Waals surface area contributed by atoms with Gasteiger partial charge in [-0.2, -0.15) is 9.61 Å². The van der Waals surface area contributed by atoms with Crippen molar-refractivity contribution in [2.75, 3.05) is 32.0 Å². The molecule has 184 valence electrons. The molecule has 2 aromatic heterocycles. The summed E-state index contributed by atoms with van der Waals surface area (Å²) < 4.78 is 20.8. The van der Waals surface area contributed by atoms with Gasteiger partial charge in [-0.05, 0) is 44.0 Å². The van der Waals surface area contributed by atoms with E-state index < -0.39 is 6.04 Å². The molecule has 0 aliphatic carbocycles. The van der Waals surface area contributed by atoms with E-state index in [0.717, 1.165) is 22.4 Å². The number of nitrogen functional groups attached to an aromatic ring is 1. The molecular formula is C24H28FN7O3. The molecule has 4 N–H and O–H groups in total. The van der Waals surface area contributed by atoms with Crippen LogP contribution >= 0.6 is 0 Å². The van der Waals surface area contributed by atoms with Crippen LogP contribution in [0.4, 0.5) is 20.7 Å². The number of rotatable bonds is 4. The van der Waals surface area contributed by atoms with E-state index in [1.807, 2.05) is 20.1 Å². The second-order valence-corrected chi connectivity index (χ2v) is 9.00. The van der Waals surface area contributed by atoms with E-state index in [0.29, 0.717) is 43.3 Å². The third-order valence-corrected chi connectivity index (χ3v) is 6.65. The molecule has 4 heterocycles. The number of fused-ring (bicyclic) bond motifs is 2. The van der Waals surface area contributed by atoms with Crippen molar-refractivity contribution in [1.82, 2.24) is 24.8 Å². The Hall–Kier alpha value is -3.57. The smallest absolute Gasteiger partial charge is 0.318 e. The van der Waals surface area contributed by atoms with Crippen LogP contribution in [0.5, 0.6) is 0 Å². The highest BCUT2D eigenvalue weighted by Gasteiger charge is 2.27. The zero-order valence-corrected chi connectivity index (χ0v) is 19.6. The number of amides is 2. The fourth-order valence-corrected chi connectivity index (χ4v) is 4.67. The zero-order chi connectivity index (χ0) is 24.7. The van der Waals surface area contributed by atoms with Gasteiger partial charge in [-0.25, -0.2) is 14.2 Å². The molecule has 0 radical (unpaired) electrons. The monoisotopic (exact) mass is 481 g/mol. The van der Waals surface area contributed by atoms with Crippen molar-refractivity contribution in [3.63, 3.8) is 0 Å². The van der Waals surface area contributed by atoms with Crippen molar-refractivity contribution < 1.29 is 19.0 Å². The Bertz CT molecular complexity index is 1310. The maximum atomic E-state index is 13.8. The first-order chi connectivity index (χ1) is 16.9.